The number of aryl methyl sites for hydroxylation is 1. The molecule has 0 atom stereocenters. The van der Waals surface area contributed by atoms with E-state index in [1.165, 1.54) is 32.7 Å². The lowest BCUT2D eigenvalue weighted by atomic mass is 10.1. The van der Waals surface area contributed by atoms with Gasteiger partial charge in [0.15, 0.2) is 0 Å². The highest BCUT2D eigenvalue weighted by Crippen LogP contribution is 2.35. The maximum Gasteiger partial charge on any atom is 0.416 e. The molecule has 128 valence electrons. The first-order valence-electron chi connectivity index (χ1n) is 6.73. The molecule has 8 heteroatoms. The van der Waals surface area contributed by atoms with Crippen molar-refractivity contribution in [2.75, 3.05) is 14.2 Å². The predicted octanol–water partition coefficient (Wildman–Crippen LogP) is 4.30. The van der Waals surface area contributed by atoms with Crippen LogP contribution in [0.25, 0.3) is 16.1 Å². The van der Waals surface area contributed by atoms with Crippen LogP contribution in [0.4, 0.5) is 13.2 Å². The monoisotopic (exact) mass is 357 g/mol. The Morgan fingerprint density at radius 3 is 2.54 bits per heavy atom. The van der Waals surface area contributed by atoms with Gasteiger partial charge >= 0.3 is 12.1 Å². The van der Waals surface area contributed by atoms with Gasteiger partial charge in [-0.15, -0.1) is 11.3 Å². The maximum atomic E-state index is 12.7. The van der Waals surface area contributed by atoms with Crippen LogP contribution in [0.5, 0.6) is 0 Å². The Labute approximate surface area is 140 Å². The number of hydrogen-bond acceptors (Lipinski definition) is 5. The summed E-state index contributed by atoms with van der Waals surface area (Å²) >= 11 is 1.16. The third kappa shape index (κ3) is 3.76. The van der Waals surface area contributed by atoms with Crippen LogP contribution in [0.3, 0.4) is 0 Å². The van der Waals surface area contributed by atoms with Crippen molar-refractivity contribution < 1.29 is 27.4 Å². The lowest BCUT2D eigenvalue weighted by molar-refractivity contribution is -0.137. The van der Waals surface area contributed by atoms with E-state index in [4.69, 9.17) is 4.74 Å². The number of benzene rings is 1. The summed E-state index contributed by atoms with van der Waals surface area (Å²) < 4.78 is 47.8. The van der Waals surface area contributed by atoms with E-state index in [-0.39, 0.29) is 5.57 Å². The van der Waals surface area contributed by atoms with E-state index in [9.17, 15) is 18.0 Å². The number of carbonyl (C=O) groups excluding carboxylic acids is 1. The molecule has 0 bridgehead atoms. The number of rotatable bonds is 4. The van der Waals surface area contributed by atoms with Gasteiger partial charge in [-0.05, 0) is 24.6 Å². The standard InChI is InChI=1S/C16H14F3NO3S/c1-9-6-10(16(17,18)19)4-5-11(9)14-20-7-13(24-14)12(8-22-2)15(21)23-3/h4-8H,1-3H3. The number of hydrogen-bond donors (Lipinski definition) is 0. The predicted molar refractivity (Wildman–Crippen MR) is 84.3 cm³/mol. The topological polar surface area (TPSA) is 48.4 Å². The van der Waals surface area contributed by atoms with Crippen molar-refractivity contribution in [1.29, 1.82) is 0 Å². The molecular formula is C16H14F3NO3S. The minimum atomic E-state index is -4.39. The maximum absolute atomic E-state index is 12.7. The number of aromatic nitrogens is 1. The molecule has 0 unspecified atom stereocenters. The third-order valence-corrected chi connectivity index (χ3v) is 4.26. The van der Waals surface area contributed by atoms with Gasteiger partial charge in [-0.1, -0.05) is 6.07 Å². The molecule has 0 radical (unpaired) electrons. The van der Waals surface area contributed by atoms with E-state index in [1.54, 1.807) is 6.92 Å². The highest BCUT2D eigenvalue weighted by Gasteiger charge is 2.30. The Morgan fingerprint density at radius 2 is 2.00 bits per heavy atom. The Morgan fingerprint density at radius 1 is 1.29 bits per heavy atom. The van der Waals surface area contributed by atoms with Crippen LogP contribution < -0.4 is 0 Å². The van der Waals surface area contributed by atoms with Crippen LogP contribution in [0.15, 0.2) is 30.7 Å². The molecule has 4 nitrogen and oxygen atoms in total. The summed E-state index contributed by atoms with van der Waals surface area (Å²) in [6.45, 7) is 1.58. The van der Waals surface area contributed by atoms with Crippen molar-refractivity contribution in [3.8, 4) is 10.6 Å². The van der Waals surface area contributed by atoms with E-state index in [0.29, 0.717) is 21.0 Å². The van der Waals surface area contributed by atoms with Gasteiger partial charge in [-0.25, -0.2) is 9.78 Å². The minimum Gasteiger partial charge on any atom is -0.503 e. The number of carbonyl (C=O) groups is 1. The molecule has 0 aliphatic carbocycles. The lowest BCUT2D eigenvalue weighted by Gasteiger charge is -2.09. The quantitative estimate of drug-likeness (QED) is 0.465. The second-order valence-corrected chi connectivity index (χ2v) is 5.85. The van der Waals surface area contributed by atoms with E-state index in [0.717, 1.165) is 23.5 Å². The summed E-state index contributed by atoms with van der Waals surface area (Å²) in [5, 5.41) is 0.502. The molecule has 1 aromatic heterocycles. The number of alkyl halides is 3. The largest absolute Gasteiger partial charge is 0.503 e. The minimum absolute atomic E-state index is 0.188. The van der Waals surface area contributed by atoms with Gasteiger partial charge in [0.05, 0.1) is 30.9 Å². The molecule has 1 heterocycles. The molecule has 0 spiro atoms. The molecule has 1 aromatic carbocycles. The Balaban J connectivity index is 2.41. The van der Waals surface area contributed by atoms with Crippen molar-refractivity contribution in [1.82, 2.24) is 4.98 Å². The highest BCUT2D eigenvalue weighted by atomic mass is 32.1. The zero-order valence-corrected chi connectivity index (χ0v) is 13.9. The molecule has 0 aliphatic rings. The summed E-state index contributed by atoms with van der Waals surface area (Å²) in [6, 6.07) is 3.46. The normalized spacial score (nSPS) is 12.2. The van der Waals surface area contributed by atoms with Crippen LogP contribution in [0.1, 0.15) is 16.0 Å². The number of thiazole rings is 1. The van der Waals surface area contributed by atoms with Crippen molar-refractivity contribution >= 4 is 22.9 Å². The fourth-order valence-electron chi connectivity index (χ4n) is 2.04. The molecule has 0 N–H and O–H groups in total. The van der Waals surface area contributed by atoms with Crippen LogP contribution in [0.2, 0.25) is 0 Å². The molecule has 0 fully saturated rings. The first kappa shape index (κ1) is 18.0. The molecule has 2 rings (SSSR count). The second kappa shape index (κ2) is 7.04. The van der Waals surface area contributed by atoms with Crippen LogP contribution in [-0.4, -0.2) is 25.2 Å². The Bertz CT molecular complexity index is 781. The van der Waals surface area contributed by atoms with E-state index < -0.39 is 17.7 Å². The fourth-order valence-corrected chi connectivity index (χ4v) is 3.04. The van der Waals surface area contributed by atoms with Crippen LogP contribution in [0, 0.1) is 6.92 Å². The highest BCUT2D eigenvalue weighted by molar-refractivity contribution is 7.16. The SMILES string of the molecule is COC=C(C(=O)OC)c1cnc(-c2ccc(C(F)(F)F)cc2C)s1. The van der Waals surface area contributed by atoms with Crippen molar-refractivity contribution in [2.45, 2.75) is 13.1 Å². The number of methoxy groups -OCH3 is 2. The van der Waals surface area contributed by atoms with Crippen molar-refractivity contribution in [2.24, 2.45) is 0 Å². The Kier molecular flexibility index (Phi) is 5.28. The summed E-state index contributed by atoms with van der Waals surface area (Å²) in [5.74, 6) is -0.587. The summed E-state index contributed by atoms with van der Waals surface area (Å²) in [5.41, 5.74) is 0.491. The average Bonchev–Trinajstić information content (AvgIpc) is 3.00. The average molecular weight is 357 g/mol. The van der Waals surface area contributed by atoms with E-state index in [1.807, 2.05) is 0 Å². The Hall–Kier alpha value is -2.35. The molecule has 0 saturated heterocycles. The first-order valence-corrected chi connectivity index (χ1v) is 7.55. The van der Waals surface area contributed by atoms with Gasteiger partial charge in [0.2, 0.25) is 0 Å². The summed E-state index contributed by atoms with van der Waals surface area (Å²) in [4.78, 5) is 16.4. The summed E-state index contributed by atoms with van der Waals surface area (Å²) in [7, 11) is 2.64. The first-order chi connectivity index (χ1) is 11.3. The molecule has 24 heavy (non-hydrogen) atoms. The zero-order valence-electron chi connectivity index (χ0n) is 13.1. The molecular weight excluding hydrogens is 343 g/mol. The number of esters is 1. The van der Waals surface area contributed by atoms with Gasteiger partial charge in [-0.2, -0.15) is 13.2 Å². The fraction of sp³-hybridized carbons (Fsp3) is 0.250. The number of ether oxygens (including phenoxy) is 2. The van der Waals surface area contributed by atoms with Crippen LogP contribution >= 0.6 is 11.3 Å². The van der Waals surface area contributed by atoms with Crippen molar-refractivity contribution in [3.63, 3.8) is 0 Å². The van der Waals surface area contributed by atoms with Crippen LogP contribution in [-0.2, 0) is 20.4 Å². The van der Waals surface area contributed by atoms with Gasteiger partial charge in [0.1, 0.15) is 10.6 Å². The van der Waals surface area contributed by atoms with Gasteiger partial charge in [-0.3, -0.25) is 0 Å². The molecule has 0 amide bonds. The summed E-state index contributed by atoms with van der Waals surface area (Å²) in [6.07, 6.45) is -1.70. The van der Waals surface area contributed by atoms with Gasteiger partial charge in [0.25, 0.3) is 0 Å². The van der Waals surface area contributed by atoms with Crippen molar-refractivity contribution in [3.05, 3.63) is 46.7 Å². The molecule has 2 aromatic rings. The smallest absolute Gasteiger partial charge is 0.416 e. The third-order valence-electron chi connectivity index (χ3n) is 3.20. The number of halogens is 3. The van der Waals surface area contributed by atoms with Gasteiger partial charge in [0, 0.05) is 11.8 Å². The number of nitrogens with zero attached hydrogens (tertiary/aromatic N) is 1. The lowest BCUT2D eigenvalue weighted by Crippen LogP contribution is -2.05. The molecule has 0 aliphatic heterocycles. The second-order valence-electron chi connectivity index (χ2n) is 4.82. The zero-order chi connectivity index (χ0) is 17.9. The van der Waals surface area contributed by atoms with Gasteiger partial charge < -0.3 is 9.47 Å². The molecule has 0 saturated carbocycles. The van der Waals surface area contributed by atoms with E-state index in [2.05, 4.69) is 9.72 Å². The van der Waals surface area contributed by atoms with E-state index >= 15 is 0 Å².